The van der Waals surface area contributed by atoms with Gasteiger partial charge in [-0.1, -0.05) is 47.4 Å². The molecule has 0 radical (unpaired) electrons. The highest BCUT2D eigenvalue weighted by Gasteiger charge is 2.42. The van der Waals surface area contributed by atoms with E-state index in [0.717, 1.165) is 4.68 Å². The summed E-state index contributed by atoms with van der Waals surface area (Å²) in [6.07, 6.45) is -5.00. The minimum absolute atomic E-state index is 0.105. The standard InChI is InChI=1S/C20H19Cl2F3N4O2/c1-4-31-28-16(12-5-7-14(21)8-6-12)11(2)9-13(10-26)17(30)15-18(20(23,24)25)27-29(3)19(15)22/h5-8,11,13H,4,9H2,1-3H3. The fraction of sp³-hybridized carbons (Fsp3) is 0.400. The monoisotopic (exact) mass is 474 g/mol. The number of carbonyl (C=O) groups excluding carboxylic acids is 1. The fourth-order valence-corrected chi connectivity index (χ4v) is 3.31. The predicted molar refractivity (Wildman–Crippen MR) is 110 cm³/mol. The van der Waals surface area contributed by atoms with Crippen LogP contribution in [0.1, 0.15) is 41.9 Å². The van der Waals surface area contributed by atoms with Crippen LogP contribution < -0.4 is 0 Å². The summed E-state index contributed by atoms with van der Waals surface area (Å²) in [5.41, 5.74) is -1.16. The lowest BCUT2D eigenvalue weighted by Crippen LogP contribution is -2.23. The number of Topliss-reactive ketones (excluding diaryl/α,β-unsaturated/α-hetero) is 1. The molecule has 1 heterocycles. The number of carbonyl (C=O) groups is 1. The number of alkyl halides is 3. The summed E-state index contributed by atoms with van der Waals surface area (Å²) in [5, 5.41) is 16.9. The van der Waals surface area contributed by atoms with Gasteiger partial charge in [-0.3, -0.25) is 9.48 Å². The summed E-state index contributed by atoms with van der Waals surface area (Å²) >= 11 is 11.8. The molecule has 2 aromatic rings. The quantitative estimate of drug-likeness (QED) is 0.286. The van der Waals surface area contributed by atoms with Gasteiger partial charge in [0.25, 0.3) is 0 Å². The molecule has 0 saturated carbocycles. The van der Waals surface area contributed by atoms with Gasteiger partial charge < -0.3 is 4.84 Å². The van der Waals surface area contributed by atoms with Gasteiger partial charge in [-0.25, -0.2) is 0 Å². The van der Waals surface area contributed by atoms with Crippen LogP contribution in [-0.4, -0.2) is 27.9 Å². The largest absolute Gasteiger partial charge is 0.435 e. The second kappa shape index (κ2) is 10.2. The van der Waals surface area contributed by atoms with E-state index >= 15 is 0 Å². The second-order valence-electron chi connectivity index (χ2n) is 6.72. The van der Waals surface area contributed by atoms with Crippen LogP contribution in [0.15, 0.2) is 29.4 Å². The van der Waals surface area contributed by atoms with Crippen molar-refractivity contribution in [3.63, 3.8) is 0 Å². The van der Waals surface area contributed by atoms with Gasteiger partial charge in [-0.05, 0) is 31.0 Å². The molecule has 0 amide bonds. The average Bonchev–Trinajstić information content (AvgIpc) is 3.02. The van der Waals surface area contributed by atoms with Crippen LogP contribution in [0.4, 0.5) is 13.2 Å². The summed E-state index contributed by atoms with van der Waals surface area (Å²) in [4.78, 5) is 18.0. The molecule has 0 aliphatic heterocycles. The van der Waals surface area contributed by atoms with Crippen LogP contribution in [0.2, 0.25) is 10.2 Å². The molecular formula is C20H19Cl2F3N4O2. The van der Waals surface area contributed by atoms with E-state index in [9.17, 15) is 23.2 Å². The van der Waals surface area contributed by atoms with Crippen LogP contribution in [-0.2, 0) is 18.1 Å². The summed E-state index contributed by atoms with van der Waals surface area (Å²) in [6, 6.07) is 8.46. The number of aromatic nitrogens is 2. The third-order valence-electron chi connectivity index (χ3n) is 4.45. The summed E-state index contributed by atoms with van der Waals surface area (Å²) in [7, 11) is 1.19. The Hall–Kier alpha value is -2.57. The third-order valence-corrected chi connectivity index (χ3v) is 5.14. The molecule has 6 nitrogen and oxygen atoms in total. The van der Waals surface area contributed by atoms with Crippen molar-refractivity contribution in [2.45, 2.75) is 26.4 Å². The van der Waals surface area contributed by atoms with Crippen molar-refractivity contribution in [2.24, 2.45) is 24.0 Å². The van der Waals surface area contributed by atoms with Gasteiger partial charge in [-0.15, -0.1) is 0 Å². The van der Waals surface area contributed by atoms with E-state index in [1.54, 1.807) is 44.2 Å². The Bertz CT molecular complexity index is 1010. The first kappa shape index (κ1) is 24.7. The van der Waals surface area contributed by atoms with Crippen molar-refractivity contribution in [2.75, 3.05) is 6.61 Å². The Morgan fingerprint density at radius 1 is 1.32 bits per heavy atom. The van der Waals surface area contributed by atoms with E-state index in [4.69, 9.17) is 28.0 Å². The number of hydrogen-bond donors (Lipinski definition) is 0. The number of ketones is 1. The highest BCUT2D eigenvalue weighted by molar-refractivity contribution is 6.33. The summed E-state index contributed by atoms with van der Waals surface area (Å²) in [6.45, 7) is 3.71. The lowest BCUT2D eigenvalue weighted by molar-refractivity contribution is -0.141. The number of benzene rings is 1. The SMILES string of the molecule is CCON=C(c1ccc(Cl)cc1)C(C)CC(C#N)C(=O)c1c(C(F)(F)F)nn(C)c1Cl. The summed E-state index contributed by atoms with van der Waals surface area (Å²) in [5.74, 6) is -2.96. The van der Waals surface area contributed by atoms with Crippen molar-refractivity contribution in [3.05, 3.63) is 51.3 Å². The van der Waals surface area contributed by atoms with Crippen molar-refractivity contribution < 1.29 is 22.8 Å². The summed E-state index contributed by atoms with van der Waals surface area (Å²) < 4.78 is 40.8. The number of aryl methyl sites for hydroxylation is 1. The lowest BCUT2D eigenvalue weighted by atomic mass is 9.86. The molecule has 0 aliphatic rings. The first-order valence-corrected chi connectivity index (χ1v) is 9.96. The van der Waals surface area contributed by atoms with Gasteiger partial charge in [0.15, 0.2) is 11.5 Å². The van der Waals surface area contributed by atoms with Crippen molar-refractivity contribution in [1.82, 2.24) is 9.78 Å². The second-order valence-corrected chi connectivity index (χ2v) is 7.51. The molecule has 0 fully saturated rings. The number of oxime groups is 1. The average molecular weight is 475 g/mol. The first-order valence-electron chi connectivity index (χ1n) is 9.20. The maximum Gasteiger partial charge on any atom is 0.435 e. The molecule has 0 spiro atoms. The molecule has 0 bridgehead atoms. The number of hydrogen-bond acceptors (Lipinski definition) is 5. The first-order chi connectivity index (χ1) is 14.5. The Balaban J connectivity index is 2.38. The Morgan fingerprint density at radius 2 is 1.94 bits per heavy atom. The minimum Gasteiger partial charge on any atom is -0.396 e. The molecule has 0 aliphatic carbocycles. The zero-order valence-electron chi connectivity index (χ0n) is 16.9. The van der Waals surface area contributed by atoms with Crippen LogP contribution in [0.5, 0.6) is 0 Å². The van der Waals surface area contributed by atoms with Crippen molar-refractivity contribution in [3.8, 4) is 6.07 Å². The van der Waals surface area contributed by atoms with E-state index in [2.05, 4.69) is 10.3 Å². The highest BCUT2D eigenvalue weighted by atomic mass is 35.5. The maximum atomic E-state index is 13.3. The molecule has 2 rings (SSSR count). The molecule has 0 saturated heterocycles. The van der Waals surface area contributed by atoms with E-state index in [1.807, 2.05) is 0 Å². The maximum absolute atomic E-state index is 13.3. The van der Waals surface area contributed by atoms with Gasteiger partial charge in [-0.2, -0.15) is 23.5 Å². The molecule has 2 unspecified atom stereocenters. The van der Waals surface area contributed by atoms with E-state index in [0.29, 0.717) is 16.3 Å². The van der Waals surface area contributed by atoms with Crippen LogP contribution in [0.3, 0.4) is 0 Å². The predicted octanol–water partition coefficient (Wildman–Crippen LogP) is 5.54. The van der Waals surface area contributed by atoms with Crippen molar-refractivity contribution >= 4 is 34.7 Å². The smallest absolute Gasteiger partial charge is 0.396 e. The zero-order valence-corrected chi connectivity index (χ0v) is 18.4. The lowest BCUT2D eigenvalue weighted by Gasteiger charge is -2.18. The van der Waals surface area contributed by atoms with E-state index in [-0.39, 0.29) is 13.0 Å². The molecule has 31 heavy (non-hydrogen) atoms. The Labute approximate surface area is 187 Å². The normalized spacial score (nSPS) is 14.1. The number of nitriles is 1. The van der Waals surface area contributed by atoms with Gasteiger partial charge in [0.2, 0.25) is 0 Å². The Morgan fingerprint density at radius 3 is 2.45 bits per heavy atom. The van der Waals surface area contributed by atoms with Crippen molar-refractivity contribution in [1.29, 1.82) is 5.26 Å². The zero-order chi connectivity index (χ0) is 23.3. The third kappa shape index (κ3) is 5.77. The number of halogens is 5. The highest BCUT2D eigenvalue weighted by Crippen LogP contribution is 2.36. The van der Waals surface area contributed by atoms with Crippen LogP contribution in [0, 0.1) is 23.2 Å². The number of nitrogens with zero attached hydrogens (tertiary/aromatic N) is 4. The molecule has 2 atom stereocenters. The Kier molecular flexibility index (Phi) is 8.09. The van der Waals surface area contributed by atoms with Gasteiger partial charge in [0.1, 0.15) is 17.7 Å². The molecular weight excluding hydrogens is 456 g/mol. The van der Waals surface area contributed by atoms with Crippen LogP contribution in [0.25, 0.3) is 0 Å². The minimum atomic E-state index is -4.90. The van der Waals surface area contributed by atoms with E-state index < -0.39 is 40.2 Å². The molecule has 11 heteroatoms. The van der Waals surface area contributed by atoms with Gasteiger partial charge in [0.05, 0.1) is 17.3 Å². The van der Waals surface area contributed by atoms with E-state index in [1.165, 1.54) is 7.05 Å². The molecule has 1 aromatic carbocycles. The number of rotatable bonds is 8. The molecule has 1 aromatic heterocycles. The fourth-order valence-electron chi connectivity index (χ4n) is 2.96. The molecule has 166 valence electrons. The van der Waals surface area contributed by atoms with Crippen LogP contribution >= 0.6 is 23.2 Å². The van der Waals surface area contributed by atoms with Gasteiger partial charge >= 0.3 is 6.18 Å². The van der Waals surface area contributed by atoms with Gasteiger partial charge in [0, 0.05) is 18.0 Å². The molecule has 0 N–H and O–H groups in total. The topological polar surface area (TPSA) is 80.3 Å².